The van der Waals surface area contributed by atoms with Crippen LogP contribution in [0.5, 0.6) is 5.75 Å². The van der Waals surface area contributed by atoms with Gasteiger partial charge in [0, 0.05) is 23.3 Å². The summed E-state index contributed by atoms with van der Waals surface area (Å²) in [6.45, 7) is 2.47. The third-order valence-corrected chi connectivity index (χ3v) is 3.98. The quantitative estimate of drug-likeness (QED) is 0.899. The standard InChI is InChI=1S/C17H18BrN3O/c1-13-10-15(18)8-9-17(13)22-12-21-11-16(20(2)19-21)14-6-4-3-5-7-14/h3-11,19H,12H2,1-2H3. The fourth-order valence-corrected chi connectivity index (χ4v) is 2.84. The molecule has 0 bridgehead atoms. The lowest BCUT2D eigenvalue weighted by Crippen LogP contribution is -2.39. The molecular formula is C17H18BrN3O. The van der Waals surface area contributed by atoms with E-state index in [2.05, 4.69) is 33.6 Å². The molecule has 0 aromatic heterocycles. The summed E-state index contributed by atoms with van der Waals surface area (Å²) in [5, 5.41) is 3.90. The number of hydrazine groups is 2. The van der Waals surface area contributed by atoms with E-state index in [0.29, 0.717) is 6.73 Å². The van der Waals surface area contributed by atoms with Crippen molar-refractivity contribution < 1.29 is 4.74 Å². The summed E-state index contributed by atoms with van der Waals surface area (Å²) in [6, 6.07) is 16.3. The predicted molar refractivity (Wildman–Crippen MR) is 91.5 cm³/mol. The second kappa shape index (κ2) is 6.42. The van der Waals surface area contributed by atoms with Crippen LogP contribution in [0.15, 0.2) is 59.2 Å². The van der Waals surface area contributed by atoms with Crippen molar-refractivity contribution in [3.63, 3.8) is 0 Å². The Kier molecular flexibility index (Phi) is 4.36. The molecule has 0 fully saturated rings. The van der Waals surface area contributed by atoms with Crippen molar-refractivity contribution in [1.82, 2.24) is 15.6 Å². The van der Waals surface area contributed by atoms with Gasteiger partial charge in [-0.05, 0) is 30.7 Å². The van der Waals surface area contributed by atoms with E-state index in [1.807, 2.05) is 66.6 Å². The monoisotopic (exact) mass is 359 g/mol. The van der Waals surface area contributed by atoms with Crippen molar-refractivity contribution in [2.24, 2.45) is 0 Å². The molecule has 0 amide bonds. The Morgan fingerprint density at radius 1 is 1.14 bits per heavy atom. The first-order valence-electron chi connectivity index (χ1n) is 7.06. The second-order valence-electron chi connectivity index (χ2n) is 5.19. The van der Waals surface area contributed by atoms with E-state index in [-0.39, 0.29) is 0 Å². The van der Waals surface area contributed by atoms with Crippen LogP contribution in [-0.4, -0.2) is 23.8 Å². The highest BCUT2D eigenvalue weighted by Crippen LogP contribution is 2.24. The Balaban J connectivity index is 1.68. The van der Waals surface area contributed by atoms with Gasteiger partial charge in [0.2, 0.25) is 0 Å². The van der Waals surface area contributed by atoms with Gasteiger partial charge >= 0.3 is 0 Å². The number of nitrogens with zero attached hydrogens (tertiary/aromatic N) is 2. The van der Waals surface area contributed by atoms with Crippen LogP contribution >= 0.6 is 15.9 Å². The van der Waals surface area contributed by atoms with Gasteiger partial charge in [0.15, 0.2) is 6.73 Å². The number of ether oxygens (including phenoxy) is 1. The number of aryl methyl sites for hydroxylation is 1. The summed E-state index contributed by atoms with van der Waals surface area (Å²) >= 11 is 3.46. The van der Waals surface area contributed by atoms with E-state index in [0.717, 1.165) is 21.5 Å². The van der Waals surface area contributed by atoms with Crippen molar-refractivity contribution in [3.05, 3.63) is 70.3 Å². The van der Waals surface area contributed by atoms with Crippen LogP contribution in [0.1, 0.15) is 11.1 Å². The van der Waals surface area contributed by atoms with Gasteiger partial charge in [0.1, 0.15) is 5.75 Å². The molecule has 0 saturated heterocycles. The van der Waals surface area contributed by atoms with E-state index < -0.39 is 0 Å². The Morgan fingerprint density at radius 2 is 1.91 bits per heavy atom. The summed E-state index contributed by atoms with van der Waals surface area (Å²) in [4.78, 5) is 0. The maximum atomic E-state index is 5.88. The lowest BCUT2D eigenvalue weighted by atomic mass is 10.2. The Morgan fingerprint density at radius 3 is 2.64 bits per heavy atom. The zero-order valence-electron chi connectivity index (χ0n) is 12.6. The third kappa shape index (κ3) is 3.26. The number of nitrogens with one attached hydrogen (secondary N) is 1. The molecule has 114 valence electrons. The summed E-state index contributed by atoms with van der Waals surface area (Å²) in [5.74, 6) is 0.884. The minimum atomic E-state index is 0.434. The molecule has 3 rings (SSSR count). The number of benzene rings is 2. The fraction of sp³-hybridized carbons (Fsp3) is 0.176. The third-order valence-electron chi connectivity index (χ3n) is 3.48. The number of halogens is 1. The molecular weight excluding hydrogens is 342 g/mol. The SMILES string of the molecule is Cc1cc(Br)ccc1OCN1C=C(c2ccccc2)N(C)N1. The Hall–Kier alpha value is -1.98. The molecule has 0 unspecified atom stereocenters. The first kappa shape index (κ1) is 14.9. The lowest BCUT2D eigenvalue weighted by Gasteiger charge is -2.21. The molecule has 0 radical (unpaired) electrons. The predicted octanol–water partition coefficient (Wildman–Crippen LogP) is 3.76. The molecule has 2 aromatic carbocycles. The Labute approximate surface area is 139 Å². The van der Waals surface area contributed by atoms with E-state index in [4.69, 9.17) is 4.74 Å². The maximum absolute atomic E-state index is 5.88. The van der Waals surface area contributed by atoms with Crippen LogP contribution in [0, 0.1) is 6.92 Å². The summed E-state index contributed by atoms with van der Waals surface area (Å²) in [7, 11) is 1.99. The molecule has 0 spiro atoms. The van der Waals surface area contributed by atoms with Crippen molar-refractivity contribution >= 4 is 21.6 Å². The molecule has 5 heteroatoms. The topological polar surface area (TPSA) is 27.7 Å². The van der Waals surface area contributed by atoms with Gasteiger partial charge in [0.05, 0.1) is 5.70 Å². The summed E-state index contributed by atoms with van der Waals surface area (Å²) in [6.07, 6.45) is 2.05. The van der Waals surface area contributed by atoms with Gasteiger partial charge in [0.25, 0.3) is 0 Å². The van der Waals surface area contributed by atoms with E-state index in [1.165, 1.54) is 5.56 Å². The van der Waals surface area contributed by atoms with E-state index in [9.17, 15) is 0 Å². The van der Waals surface area contributed by atoms with Crippen molar-refractivity contribution in [1.29, 1.82) is 0 Å². The number of hydrogen-bond donors (Lipinski definition) is 1. The lowest BCUT2D eigenvalue weighted by molar-refractivity contribution is 0.0800. The van der Waals surface area contributed by atoms with E-state index in [1.54, 1.807) is 0 Å². The molecule has 22 heavy (non-hydrogen) atoms. The van der Waals surface area contributed by atoms with Gasteiger partial charge in [-0.1, -0.05) is 46.3 Å². The molecule has 1 heterocycles. The van der Waals surface area contributed by atoms with Crippen LogP contribution < -0.4 is 10.3 Å². The van der Waals surface area contributed by atoms with Crippen LogP contribution in [0.3, 0.4) is 0 Å². The highest BCUT2D eigenvalue weighted by Gasteiger charge is 2.18. The molecule has 1 aliphatic heterocycles. The molecule has 1 aliphatic rings. The van der Waals surface area contributed by atoms with Gasteiger partial charge in [-0.3, -0.25) is 10.0 Å². The smallest absolute Gasteiger partial charge is 0.176 e. The number of hydrogen-bond acceptors (Lipinski definition) is 4. The normalized spacial score (nSPS) is 14.2. The van der Waals surface area contributed by atoms with Gasteiger partial charge < -0.3 is 4.74 Å². The summed E-state index contributed by atoms with van der Waals surface area (Å²) in [5.41, 5.74) is 6.62. The van der Waals surface area contributed by atoms with E-state index >= 15 is 0 Å². The van der Waals surface area contributed by atoms with Crippen molar-refractivity contribution in [2.75, 3.05) is 13.8 Å². The second-order valence-corrected chi connectivity index (χ2v) is 6.11. The van der Waals surface area contributed by atoms with Crippen molar-refractivity contribution in [3.8, 4) is 5.75 Å². The first-order valence-corrected chi connectivity index (χ1v) is 7.85. The Bertz CT molecular complexity index is 688. The average molecular weight is 360 g/mol. The zero-order chi connectivity index (χ0) is 15.5. The maximum Gasteiger partial charge on any atom is 0.176 e. The van der Waals surface area contributed by atoms with Gasteiger partial charge in [-0.25, -0.2) is 0 Å². The molecule has 0 atom stereocenters. The molecule has 0 aliphatic carbocycles. The molecule has 4 nitrogen and oxygen atoms in total. The average Bonchev–Trinajstić information content (AvgIpc) is 2.88. The van der Waals surface area contributed by atoms with Gasteiger partial charge in [-0.15, -0.1) is 5.53 Å². The van der Waals surface area contributed by atoms with Crippen LogP contribution in [0.4, 0.5) is 0 Å². The fourth-order valence-electron chi connectivity index (χ4n) is 2.37. The summed E-state index contributed by atoms with van der Waals surface area (Å²) < 4.78 is 6.94. The number of rotatable bonds is 4. The molecule has 0 saturated carbocycles. The van der Waals surface area contributed by atoms with Crippen molar-refractivity contribution in [2.45, 2.75) is 6.92 Å². The highest BCUT2D eigenvalue weighted by molar-refractivity contribution is 9.10. The van der Waals surface area contributed by atoms with Gasteiger partial charge in [-0.2, -0.15) is 0 Å². The van der Waals surface area contributed by atoms with Crippen LogP contribution in [0.25, 0.3) is 5.70 Å². The molecule has 2 aromatic rings. The molecule has 1 N–H and O–H groups in total. The van der Waals surface area contributed by atoms with Crippen LogP contribution in [0.2, 0.25) is 0 Å². The minimum absolute atomic E-state index is 0.434. The largest absolute Gasteiger partial charge is 0.471 e. The zero-order valence-corrected chi connectivity index (χ0v) is 14.2. The first-order chi connectivity index (χ1) is 10.6. The highest BCUT2D eigenvalue weighted by atomic mass is 79.9. The minimum Gasteiger partial charge on any atom is -0.471 e. The van der Waals surface area contributed by atoms with Crippen LogP contribution in [-0.2, 0) is 0 Å².